The van der Waals surface area contributed by atoms with Crippen molar-refractivity contribution in [2.24, 2.45) is 0 Å². The van der Waals surface area contributed by atoms with Crippen LogP contribution >= 0.6 is 0 Å². The van der Waals surface area contributed by atoms with Crippen molar-refractivity contribution in [3.05, 3.63) is 72.3 Å². The fourth-order valence-electron chi connectivity index (χ4n) is 4.60. The first-order valence-electron chi connectivity index (χ1n) is 10.7. The molecule has 4 heterocycles. The van der Waals surface area contributed by atoms with Crippen LogP contribution in [0, 0.1) is 0 Å². The van der Waals surface area contributed by atoms with E-state index in [1.54, 1.807) is 17.3 Å². The third-order valence-electron chi connectivity index (χ3n) is 6.28. The average molecular weight is 429 g/mol. The lowest BCUT2D eigenvalue weighted by atomic mass is 10.1. The number of anilines is 1. The van der Waals surface area contributed by atoms with Gasteiger partial charge in [0.25, 0.3) is 0 Å². The number of imidazole rings is 1. The maximum Gasteiger partial charge on any atom is 0.225 e. The van der Waals surface area contributed by atoms with Crippen molar-refractivity contribution in [3.63, 3.8) is 0 Å². The number of hydrogen-bond donors (Lipinski definition) is 2. The molecule has 4 aromatic rings. The van der Waals surface area contributed by atoms with E-state index in [1.807, 2.05) is 30.3 Å². The smallest absolute Gasteiger partial charge is 0.225 e. The predicted octanol–water partition coefficient (Wildman–Crippen LogP) is 2.15. The second-order valence-corrected chi connectivity index (χ2v) is 8.35. The van der Waals surface area contributed by atoms with Crippen molar-refractivity contribution in [2.45, 2.75) is 24.9 Å². The quantitative estimate of drug-likeness (QED) is 0.515. The summed E-state index contributed by atoms with van der Waals surface area (Å²) in [4.78, 5) is 15.5. The summed E-state index contributed by atoms with van der Waals surface area (Å²) in [7, 11) is 0. The molecule has 8 heteroatoms. The first-order chi connectivity index (χ1) is 15.7. The fraction of sp³-hybridized carbons (Fsp3) is 0.292. The topological polar surface area (TPSA) is 96.5 Å². The van der Waals surface area contributed by atoms with Gasteiger partial charge >= 0.3 is 0 Å². The minimum Gasteiger partial charge on any atom is -0.388 e. The number of rotatable bonds is 3. The number of nitrogens with zero attached hydrogens (tertiary/aromatic N) is 5. The van der Waals surface area contributed by atoms with Crippen molar-refractivity contribution >= 4 is 17.0 Å². The summed E-state index contributed by atoms with van der Waals surface area (Å²) >= 11 is 0. The molecule has 2 aromatic heterocycles. The van der Waals surface area contributed by atoms with E-state index >= 15 is 0 Å². The van der Waals surface area contributed by atoms with Crippen molar-refractivity contribution in [2.75, 3.05) is 24.6 Å². The maximum atomic E-state index is 9.78. The minimum atomic E-state index is -0.768. The SMILES string of the molecule is OC1CN(c2ncc(-c3ccc4nc5n(c4c3)[C@@H](c3ccccc3)COC5)cn2)CC1O. The fourth-order valence-corrected chi connectivity index (χ4v) is 4.60. The highest BCUT2D eigenvalue weighted by molar-refractivity contribution is 5.83. The van der Waals surface area contributed by atoms with Crippen LogP contribution in [0.15, 0.2) is 60.9 Å². The molecule has 162 valence electrons. The van der Waals surface area contributed by atoms with E-state index in [9.17, 15) is 10.2 Å². The molecule has 0 saturated carbocycles. The summed E-state index contributed by atoms with van der Waals surface area (Å²) in [5, 5.41) is 19.6. The number of aromatic nitrogens is 4. The Morgan fingerprint density at radius 2 is 1.66 bits per heavy atom. The molecule has 0 aliphatic carbocycles. The van der Waals surface area contributed by atoms with Crippen molar-refractivity contribution < 1.29 is 14.9 Å². The number of aliphatic hydroxyl groups excluding tert-OH is 2. The lowest BCUT2D eigenvalue weighted by molar-refractivity contribution is 0.0572. The van der Waals surface area contributed by atoms with Crippen LogP contribution in [0.3, 0.4) is 0 Å². The van der Waals surface area contributed by atoms with Gasteiger partial charge in [0.1, 0.15) is 12.4 Å². The minimum absolute atomic E-state index is 0.0758. The zero-order chi connectivity index (χ0) is 21.7. The first kappa shape index (κ1) is 19.4. The molecule has 1 saturated heterocycles. The van der Waals surface area contributed by atoms with Gasteiger partial charge in [0.15, 0.2) is 0 Å². The van der Waals surface area contributed by atoms with E-state index in [-0.39, 0.29) is 6.04 Å². The molecule has 8 nitrogen and oxygen atoms in total. The second kappa shape index (κ2) is 7.67. The van der Waals surface area contributed by atoms with E-state index in [1.165, 1.54) is 5.56 Å². The van der Waals surface area contributed by atoms with Crippen molar-refractivity contribution in [1.29, 1.82) is 0 Å². The monoisotopic (exact) mass is 429 g/mol. The molecule has 3 atom stereocenters. The number of aliphatic hydroxyl groups is 2. The van der Waals surface area contributed by atoms with E-state index in [2.05, 4.69) is 32.7 Å². The van der Waals surface area contributed by atoms with E-state index in [0.29, 0.717) is 32.3 Å². The van der Waals surface area contributed by atoms with Gasteiger partial charge < -0.3 is 24.4 Å². The van der Waals surface area contributed by atoms with Crippen LogP contribution in [0.2, 0.25) is 0 Å². The Balaban J connectivity index is 1.36. The Bertz CT molecular complexity index is 1250. The number of fused-ring (bicyclic) bond motifs is 3. The van der Waals surface area contributed by atoms with Gasteiger partial charge in [-0.3, -0.25) is 0 Å². The molecule has 0 spiro atoms. The molecule has 2 aromatic carbocycles. The number of ether oxygens (including phenoxy) is 1. The Morgan fingerprint density at radius 1 is 0.906 bits per heavy atom. The van der Waals surface area contributed by atoms with Crippen LogP contribution in [-0.2, 0) is 11.3 Å². The number of benzene rings is 2. The number of β-amino-alcohol motifs (C(OH)–C–C–N with tert-alkyl or cyclic N) is 2. The lowest BCUT2D eigenvalue weighted by Crippen LogP contribution is -2.24. The van der Waals surface area contributed by atoms with Gasteiger partial charge in [0.2, 0.25) is 5.95 Å². The van der Waals surface area contributed by atoms with Crippen LogP contribution in [0.4, 0.5) is 5.95 Å². The van der Waals surface area contributed by atoms with Crippen LogP contribution in [-0.4, -0.2) is 61.6 Å². The van der Waals surface area contributed by atoms with Gasteiger partial charge in [-0.1, -0.05) is 36.4 Å². The summed E-state index contributed by atoms with van der Waals surface area (Å²) < 4.78 is 8.12. The van der Waals surface area contributed by atoms with Crippen LogP contribution < -0.4 is 4.90 Å². The van der Waals surface area contributed by atoms with Crippen molar-refractivity contribution in [3.8, 4) is 11.1 Å². The lowest BCUT2D eigenvalue weighted by Gasteiger charge is -2.26. The summed E-state index contributed by atoms with van der Waals surface area (Å²) in [6, 6.07) is 16.6. The third-order valence-corrected chi connectivity index (χ3v) is 6.28. The predicted molar refractivity (Wildman–Crippen MR) is 119 cm³/mol. The molecule has 32 heavy (non-hydrogen) atoms. The Labute approximate surface area is 184 Å². The molecule has 2 N–H and O–H groups in total. The molecule has 1 fully saturated rings. The Kier molecular flexibility index (Phi) is 4.64. The maximum absolute atomic E-state index is 9.78. The molecule has 0 bridgehead atoms. The summed E-state index contributed by atoms with van der Waals surface area (Å²) in [6.45, 7) is 1.77. The largest absolute Gasteiger partial charge is 0.388 e. The van der Waals surface area contributed by atoms with Crippen molar-refractivity contribution in [1.82, 2.24) is 19.5 Å². The normalized spacial score (nSPS) is 22.9. The highest BCUT2D eigenvalue weighted by Crippen LogP contribution is 2.32. The summed E-state index contributed by atoms with van der Waals surface area (Å²) in [6.07, 6.45) is 2.03. The third kappa shape index (κ3) is 3.24. The molecule has 2 aliphatic rings. The summed E-state index contributed by atoms with van der Waals surface area (Å²) in [5.74, 6) is 1.43. The molecular formula is C24H23N5O3. The molecule has 6 rings (SSSR count). The number of hydrogen-bond acceptors (Lipinski definition) is 7. The first-order valence-corrected chi connectivity index (χ1v) is 10.7. The van der Waals surface area contributed by atoms with Crippen LogP contribution in [0.5, 0.6) is 0 Å². The molecular weight excluding hydrogens is 406 g/mol. The molecule has 2 unspecified atom stereocenters. The zero-order valence-corrected chi connectivity index (χ0v) is 17.4. The van der Waals surface area contributed by atoms with Gasteiger partial charge in [-0.05, 0) is 23.3 Å². The Hall–Kier alpha value is -3.33. The van der Waals surface area contributed by atoms with Gasteiger partial charge in [-0.25, -0.2) is 15.0 Å². The van der Waals surface area contributed by atoms with Crippen LogP contribution in [0.1, 0.15) is 17.4 Å². The van der Waals surface area contributed by atoms with Gasteiger partial charge in [-0.15, -0.1) is 0 Å². The van der Waals surface area contributed by atoms with Gasteiger partial charge in [0, 0.05) is 31.0 Å². The molecule has 2 aliphatic heterocycles. The average Bonchev–Trinajstić information content (AvgIpc) is 3.38. The molecule has 0 radical (unpaired) electrons. The molecule has 0 amide bonds. The zero-order valence-electron chi connectivity index (χ0n) is 17.4. The van der Waals surface area contributed by atoms with Gasteiger partial charge in [-0.2, -0.15) is 0 Å². The van der Waals surface area contributed by atoms with E-state index in [0.717, 1.165) is 28.0 Å². The van der Waals surface area contributed by atoms with Gasteiger partial charge in [0.05, 0.1) is 35.9 Å². The standard InChI is InChI=1S/C24H23N5O3/c30-21-11-28(12-22(21)31)24-25-9-17(10-26-24)16-6-7-18-19(8-16)29-20(13-32-14-23(29)27-18)15-4-2-1-3-5-15/h1-10,20-22,30-31H,11-14H2/t20-,21?,22?/m1/s1. The van der Waals surface area contributed by atoms with E-state index in [4.69, 9.17) is 9.72 Å². The summed E-state index contributed by atoms with van der Waals surface area (Å²) in [5.41, 5.74) is 5.10. The Morgan fingerprint density at radius 3 is 2.41 bits per heavy atom. The van der Waals surface area contributed by atoms with E-state index < -0.39 is 12.2 Å². The van der Waals surface area contributed by atoms with Crippen LogP contribution in [0.25, 0.3) is 22.2 Å². The highest BCUT2D eigenvalue weighted by Gasteiger charge is 2.31. The highest BCUT2D eigenvalue weighted by atomic mass is 16.5. The second-order valence-electron chi connectivity index (χ2n) is 8.35.